The minimum atomic E-state index is -0.393. The van der Waals surface area contributed by atoms with Gasteiger partial charge in [0.05, 0.1) is 12.3 Å². The van der Waals surface area contributed by atoms with Gasteiger partial charge in [0.15, 0.2) is 0 Å². The highest BCUT2D eigenvalue weighted by Gasteiger charge is 2.10. The van der Waals surface area contributed by atoms with Crippen LogP contribution in [0.5, 0.6) is 0 Å². The average Bonchev–Trinajstić information content (AvgIpc) is 2.68. The Morgan fingerprint density at radius 3 is 2.52 bits per heavy atom. The van der Waals surface area contributed by atoms with Gasteiger partial charge in [-0.1, -0.05) is 42.5 Å². The normalized spacial score (nSPS) is 12.1. The zero-order valence-corrected chi connectivity index (χ0v) is 15.4. The number of amides is 1. The molecule has 0 unspecified atom stereocenters. The molecule has 0 fully saturated rings. The van der Waals surface area contributed by atoms with E-state index in [1.54, 1.807) is 6.08 Å². The van der Waals surface area contributed by atoms with Crippen LogP contribution in [-0.2, 0) is 4.79 Å². The van der Waals surface area contributed by atoms with Crippen LogP contribution in [0.3, 0.4) is 0 Å². The van der Waals surface area contributed by atoms with Crippen LogP contribution in [0.2, 0.25) is 0 Å². The molecule has 0 atom stereocenters. The van der Waals surface area contributed by atoms with Crippen LogP contribution in [0.1, 0.15) is 5.56 Å². The second-order valence-electron chi connectivity index (χ2n) is 6.06. The molecule has 0 saturated heterocycles. The summed E-state index contributed by atoms with van der Waals surface area (Å²) in [5.41, 5.74) is 16.0. The number of carbonyl (C=O) groups excluding carboxylic acids is 1. The predicted octanol–water partition coefficient (Wildman–Crippen LogP) is 1.87. The largest absolute Gasteiger partial charge is 0.401 e. The summed E-state index contributed by atoms with van der Waals surface area (Å²) in [6.07, 6.45) is 3.05. The molecule has 0 heterocycles. The second-order valence-corrected chi connectivity index (χ2v) is 6.06. The Morgan fingerprint density at radius 1 is 1.07 bits per heavy atom. The highest BCUT2D eigenvalue weighted by molar-refractivity contribution is 6.04. The molecule has 0 aliphatic carbocycles. The monoisotopic (exact) mass is 366 g/mol. The van der Waals surface area contributed by atoms with Crippen molar-refractivity contribution in [2.24, 2.45) is 11.5 Å². The van der Waals surface area contributed by atoms with Crippen LogP contribution in [-0.4, -0.2) is 30.7 Å². The molecule has 2 aromatic rings. The molecule has 2 rings (SSSR count). The van der Waals surface area contributed by atoms with Crippen molar-refractivity contribution in [1.82, 2.24) is 5.32 Å². The SMILES string of the molecule is Cc1c(NC(=O)/C(N)=C/C=C(\N)CNCCO)cccc1-c1ccccc1. The minimum absolute atomic E-state index is 0.0368. The van der Waals surface area contributed by atoms with Crippen molar-refractivity contribution in [1.29, 1.82) is 0 Å². The van der Waals surface area contributed by atoms with Crippen molar-refractivity contribution in [3.8, 4) is 11.1 Å². The lowest BCUT2D eigenvalue weighted by molar-refractivity contribution is -0.112. The molecule has 0 aliphatic rings. The molecule has 27 heavy (non-hydrogen) atoms. The Hall–Kier alpha value is -3.09. The number of hydrogen-bond donors (Lipinski definition) is 5. The highest BCUT2D eigenvalue weighted by atomic mass is 16.3. The molecular formula is C21H26N4O2. The molecule has 6 nitrogen and oxygen atoms in total. The van der Waals surface area contributed by atoms with Gasteiger partial charge in [0.25, 0.3) is 5.91 Å². The van der Waals surface area contributed by atoms with E-state index in [0.29, 0.717) is 24.5 Å². The van der Waals surface area contributed by atoms with E-state index in [1.165, 1.54) is 6.08 Å². The third-order valence-corrected chi connectivity index (χ3v) is 4.02. The quantitative estimate of drug-likeness (QED) is 0.278. The summed E-state index contributed by atoms with van der Waals surface area (Å²) in [4.78, 5) is 12.4. The molecule has 6 heteroatoms. The van der Waals surface area contributed by atoms with Crippen molar-refractivity contribution >= 4 is 11.6 Å². The third-order valence-electron chi connectivity index (χ3n) is 4.02. The molecule has 7 N–H and O–H groups in total. The van der Waals surface area contributed by atoms with Gasteiger partial charge in [-0.05, 0) is 41.8 Å². The summed E-state index contributed by atoms with van der Waals surface area (Å²) >= 11 is 0. The molecule has 142 valence electrons. The lowest BCUT2D eigenvalue weighted by Gasteiger charge is -2.13. The van der Waals surface area contributed by atoms with E-state index in [9.17, 15) is 4.79 Å². The Bertz CT molecular complexity index is 829. The van der Waals surface area contributed by atoms with E-state index in [2.05, 4.69) is 10.6 Å². The van der Waals surface area contributed by atoms with Crippen molar-refractivity contribution < 1.29 is 9.90 Å². The number of nitrogens with one attached hydrogen (secondary N) is 2. The number of nitrogens with two attached hydrogens (primary N) is 2. The molecule has 0 saturated carbocycles. The van der Waals surface area contributed by atoms with Crippen LogP contribution in [0.25, 0.3) is 11.1 Å². The number of rotatable bonds is 8. The van der Waals surface area contributed by atoms with Gasteiger partial charge in [-0.15, -0.1) is 0 Å². The van der Waals surface area contributed by atoms with Gasteiger partial charge in [-0.3, -0.25) is 4.79 Å². The van der Waals surface area contributed by atoms with Crippen molar-refractivity contribution in [2.45, 2.75) is 6.92 Å². The number of aliphatic hydroxyl groups excluding tert-OH is 1. The van der Waals surface area contributed by atoms with E-state index < -0.39 is 5.91 Å². The van der Waals surface area contributed by atoms with Crippen molar-refractivity contribution in [3.63, 3.8) is 0 Å². The molecule has 2 aromatic carbocycles. The van der Waals surface area contributed by atoms with Crippen LogP contribution in [0.4, 0.5) is 5.69 Å². The van der Waals surface area contributed by atoms with Crippen molar-refractivity contribution in [3.05, 3.63) is 77.6 Å². The maximum Gasteiger partial charge on any atom is 0.271 e. The van der Waals surface area contributed by atoms with Crippen LogP contribution in [0.15, 0.2) is 72.1 Å². The number of aliphatic hydroxyl groups is 1. The van der Waals surface area contributed by atoms with Crippen LogP contribution < -0.4 is 22.1 Å². The topological polar surface area (TPSA) is 113 Å². The number of hydrogen-bond acceptors (Lipinski definition) is 5. The van der Waals surface area contributed by atoms with Gasteiger partial charge in [-0.2, -0.15) is 0 Å². The van der Waals surface area contributed by atoms with Crippen LogP contribution in [0, 0.1) is 6.92 Å². The highest BCUT2D eigenvalue weighted by Crippen LogP contribution is 2.28. The number of carbonyl (C=O) groups is 1. The molecule has 0 spiro atoms. The Labute approximate surface area is 159 Å². The smallest absolute Gasteiger partial charge is 0.271 e. The van der Waals surface area contributed by atoms with E-state index in [1.807, 2.05) is 55.5 Å². The fourth-order valence-electron chi connectivity index (χ4n) is 2.54. The summed E-state index contributed by atoms with van der Waals surface area (Å²) in [7, 11) is 0. The van der Waals surface area contributed by atoms with E-state index in [4.69, 9.17) is 16.6 Å². The van der Waals surface area contributed by atoms with E-state index in [0.717, 1.165) is 16.7 Å². The van der Waals surface area contributed by atoms with Gasteiger partial charge < -0.3 is 27.2 Å². The average molecular weight is 366 g/mol. The Balaban J connectivity index is 2.09. The molecule has 0 aliphatic heterocycles. The lowest BCUT2D eigenvalue weighted by Crippen LogP contribution is -2.24. The third kappa shape index (κ3) is 5.99. The standard InChI is InChI=1S/C21H26N4O2/c1-15-18(16-6-3-2-4-7-16)8-5-9-20(15)25-21(27)19(23)11-10-17(22)14-24-12-13-26/h2-11,24,26H,12-14,22-23H2,1H3,(H,25,27)/b17-10-,19-11-. The fourth-order valence-corrected chi connectivity index (χ4v) is 2.54. The maximum atomic E-state index is 12.4. The number of anilines is 1. The Kier molecular flexibility index (Phi) is 7.61. The van der Waals surface area contributed by atoms with Gasteiger partial charge >= 0.3 is 0 Å². The minimum Gasteiger partial charge on any atom is -0.401 e. The molecular weight excluding hydrogens is 340 g/mol. The summed E-state index contributed by atoms with van der Waals surface area (Å²) in [6, 6.07) is 15.7. The zero-order chi connectivity index (χ0) is 19.6. The fraction of sp³-hybridized carbons (Fsp3) is 0.190. The summed E-state index contributed by atoms with van der Waals surface area (Å²) < 4.78 is 0. The van der Waals surface area contributed by atoms with Crippen LogP contribution >= 0.6 is 0 Å². The zero-order valence-electron chi connectivity index (χ0n) is 15.4. The molecule has 0 aromatic heterocycles. The van der Waals surface area contributed by atoms with Gasteiger partial charge in [-0.25, -0.2) is 0 Å². The summed E-state index contributed by atoms with van der Waals surface area (Å²) in [6.45, 7) is 2.85. The first-order valence-corrected chi connectivity index (χ1v) is 8.72. The first kappa shape index (κ1) is 20.2. The second kappa shape index (κ2) is 10.2. The van der Waals surface area contributed by atoms with Gasteiger partial charge in [0, 0.05) is 24.5 Å². The van der Waals surface area contributed by atoms with E-state index >= 15 is 0 Å². The molecule has 1 amide bonds. The maximum absolute atomic E-state index is 12.4. The molecule has 0 bridgehead atoms. The van der Waals surface area contributed by atoms with Gasteiger partial charge in [0.1, 0.15) is 0 Å². The first-order chi connectivity index (χ1) is 13.0. The number of benzene rings is 2. The predicted molar refractivity (Wildman–Crippen MR) is 110 cm³/mol. The lowest BCUT2D eigenvalue weighted by atomic mass is 9.99. The molecule has 0 radical (unpaired) electrons. The van der Waals surface area contributed by atoms with Crippen molar-refractivity contribution in [2.75, 3.05) is 25.0 Å². The van der Waals surface area contributed by atoms with E-state index in [-0.39, 0.29) is 12.3 Å². The number of allylic oxidation sites excluding steroid dienone is 2. The summed E-state index contributed by atoms with van der Waals surface area (Å²) in [5.74, 6) is -0.393. The first-order valence-electron chi connectivity index (χ1n) is 8.72. The Morgan fingerprint density at radius 2 is 1.81 bits per heavy atom. The summed E-state index contributed by atoms with van der Waals surface area (Å²) in [5, 5.41) is 14.5. The van der Waals surface area contributed by atoms with Gasteiger partial charge in [0.2, 0.25) is 0 Å².